The molecule has 1 amide bonds. The summed E-state index contributed by atoms with van der Waals surface area (Å²) in [5, 5.41) is 0. The van der Waals surface area contributed by atoms with Gasteiger partial charge < -0.3 is 17.8 Å². The first-order valence-corrected chi connectivity index (χ1v) is 8.29. The zero-order valence-electron chi connectivity index (χ0n) is 11.9. The molecule has 1 unspecified atom stereocenters. The summed E-state index contributed by atoms with van der Waals surface area (Å²) in [5.74, 6) is 0.234. The van der Waals surface area contributed by atoms with E-state index in [-0.39, 0.29) is 11.8 Å². The number of amides is 1. The molecule has 0 aromatic heterocycles. The van der Waals surface area contributed by atoms with Crippen molar-refractivity contribution in [3.8, 4) is 0 Å². The molecule has 0 radical (unpaired) electrons. The lowest BCUT2D eigenvalue weighted by Gasteiger charge is -2.40. The normalized spacial score (nSPS) is 21.4. The topological polar surface area (TPSA) is 48.0 Å². The van der Waals surface area contributed by atoms with Crippen LogP contribution in [0.5, 0.6) is 0 Å². The van der Waals surface area contributed by atoms with Gasteiger partial charge in [-0.1, -0.05) is 19.8 Å². The van der Waals surface area contributed by atoms with Crippen molar-refractivity contribution in [1.82, 2.24) is 4.57 Å². The third-order valence-electron chi connectivity index (χ3n) is 3.56. The van der Waals surface area contributed by atoms with Crippen LogP contribution in [-0.2, 0) is 18.1 Å². The molecule has 1 atom stereocenters. The average molecular weight is 275 g/mol. The maximum Gasteiger partial charge on any atom is 0.635 e. The van der Waals surface area contributed by atoms with Crippen molar-refractivity contribution in [2.45, 2.75) is 39.0 Å². The molecule has 0 aromatic carbocycles. The van der Waals surface area contributed by atoms with Crippen molar-refractivity contribution < 1.29 is 18.1 Å². The third-order valence-corrected chi connectivity index (χ3v) is 6.21. The number of carbonyl (C=O) groups excluding carboxylic acids is 1. The molecule has 5 nitrogen and oxygen atoms in total. The second-order valence-corrected chi connectivity index (χ2v) is 7.42. The standard InChI is InChI=1S/C12H25NO4Si/c1-5-6-8-11-9-7-10-13(12(11)14)18(15-2,16-3)17-4/h11H,5-10H2,1-4H3. The van der Waals surface area contributed by atoms with Crippen molar-refractivity contribution in [3.05, 3.63) is 0 Å². The maximum absolute atomic E-state index is 12.5. The number of carbonyl (C=O) groups is 1. The molecule has 0 bridgehead atoms. The zero-order chi connectivity index (χ0) is 13.6. The van der Waals surface area contributed by atoms with Gasteiger partial charge in [0.25, 0.3) is 0 Å². The van der Waals surface area contributed by atoms with Crippen LogP contribution in [0.25, 0.3) is 0 Å². The Morgan fingerprint density at radius 2 is 1.89 bits per heavy atom. The van der Waals surface area contributed by atoms with Crippen LogP contribution in [0.4, 0.5) is 0 Å². The minimum Gasteiger partial charge on any atom is -0.360 e. The fourth-order valence-corrected chi connectivity index (χ4v) is 4.57. The highest BCUT2D eigenvalue weighted by atomic mass is 28.4. The Morgan fingerprint density at radius 1 is 1.28 bits per heavy atom. The summed E-state index contributed by atoms with van der Waals surface area (Å²) in [4.78, 5) is 12.5. The van der Waals surface area contributed by atoms with Crippen LogP contribution in [-0.4, -0.2) is 47.3 Å². The molecule has 1 rings (SSSR count). The molecular formula is C12H25NO4Si. The van der Waals surface area contributed by atoms with Gasteiger partial charge in [-0.15, -0.1) is 0 Å². The molecule has 106 valence electrons. The number of rotatable bonds is 7. The Balaban J connectivity index is 2.78. The van der Waals surface area contributed by atoms with Crippen molar-refractivity contribution in [2.75, 3.05) is 27.9 Å². The van der Waals surface area contributed by atoms with Gasteiger partial charge in [-0.2, -0.15) is 0 Å². The molecule has 1 aliphatic rings. The van der Waals surface area contributed by atoms with Crippen molar-refractivity contribution >= 4 is 14.9 Å². The monoisotopic (exact) mass is 275 g/mol. The highest BCUT2D eigenvalue weighted by molar-refractivity contribution is 6.60. The lowest BCUT2D eigenvalue weighted by molar-refractivity contribution is -0.138. The van der Waals surface area contributed by atoms with Gasteiger partial charge in [0, 0.05) is 33.8 Å². The van der Waals surface area contributed by atoms with Crippen molar-refractivity contribution in [1.29, 1.82) is 0 Å². The molecule has 1 heterocycles. The number of nitrogens with zero attached hydrogens (tertiary/aromatic N) is 1. The molecule has 6 heteroatoms. The Bertz CT molecular complexity index is 263. The van der Waals surface area contributed by atoms with Gasteiger partial charge in [0.05, 0.1) is 0 Å². The molecule has 0 aliphatic carbocycles. The predicted molar refractivity (Wildman–Crippen MR) is 70.7 cm³/mol. The molecule has 1 aliphatic heterocycles. The number of hydrogen-bond donors (Lipinski definition) is 0. The van der Waals surface area contributed by atoms with Gasteiger partial charge in [0.2, 0.25) is 5.91 Å². The van der Waals surface area contributed by atoms with Gasteiger partial charge in [0.15, 0.2) is 0 Å². The smallest absolute Gasteiger partial charge is 0.360 e. The highest BCUT2D eigenvalue weighted by Gasteiger charge is 2.51. The Labute approximate surface area is 111 Å². The first-order chi connectivity index (χ1) is 8.65. The summed E-state index contributed by atoms with van der Waals surface area (Å²) in [6.45, 7) is 2.81. The molecule has 0 N–H and O–H groups in total. The van der Waals surface area contributed by atoms with E-state index in [0.29, 0.717) is 6.54 Å². The van der Waals surface area contributed by atoms with E-state index in [1.165, 1.54) is 0 Å². The van der Waals surface area contributed by atoms with E-state index < -0.39 is 8.97 Å². The summed E-state index contributed by atoms with van der Waals surface area (Å²) in [7, 11) is 1.65. The fraction of sp³-hybridized carbons (Fsp3) is 0.917. The maximum atomic E-state index is 12.5. The van der Waals surface area contributed by atoms with E-state index in [4.69, 9.17) is 13.3 Å². The molecule has 0 saturated carbocycles. The van der Waals surface area contributed by atoms with Gasteiger partial charge >= 0.3 is 8.97 Å². The van der Waals surface area contributed by atoms with Gasteiger partial charge in [-0.05, 0) is 19.3 Å². The number of hydrogen-bond acceptors (Lipinski definition) is 4. The van der Waals surface area contributed by atoms with Crippen molar-refractivity contribution in [3.63, 3.8) is 0 Å². The van der Waals surface area contributed by atoms with E-state index in [2.05, 4.69) is 6.92 Å². The van der Waals surface area contributed by atoms with Crippen LogP contribution in [0.2, 0.25) is 0 Å². The molecule has 18 heavy (non-hydrogen) atoms. The van der Waals surface area contributed by atoms with Crippen LogP contribution in [0.3, 0.4) is 0 Å². The SMILES string of the molecule is CCCCC1CCCN([Si](OC)(OC)OC)C1=O. The van der Waals surface area contributed by atoms with Crippen LogP contribution in [0, 0.1) is 5.92 Å². The lowest BCUT2D eigenvalue weighted by atomic mass is 9.93. The first kappa shape index (κ1) is 15.6. The Hall–Kier alpha value is -0.433. The number of piperidine rings is 1. The zero-order valence-corrected chi connectivity index (χ0v) is 12.9. The Morgan fingerprint density at radius 3 is 2.39 bits per heavy atom. The van der Waals surface area contributed by atoms with Crippen LogP contribution in [0.1, 0.15) is 39.0 Å². The van der Waals surface area contributed by atoms with Crippen LogP contribution in [0.15, 0.2) is 0 Å². The molecule has 1 fully saturated rings. The van der Waals surface area contributed by atoms with E-state index in [9.17, 15) is 4.79 Å². The lowest BCUT2D eigenvalue weighted by Crippen LogP contribution is -2.64. The van der Waals surface area contributed by atoms with E-state index in [0.717, 1.165) is 32.1 Å². The summed E-state index contributed by atoms with van der Waals surface area (Å²) >= 11 is 0. The van der Waals surface area contributed by atoms with Crippen LogP contribution >= 0.6 is 0 Å². The summed E-state index contributed by atoms with van der Waals surface area (Å²) in [6.07, 6.45) is 5.12. The molecule has 0 aromatic rings. The highest BCUT2D eigenvalue weighted by Crippen LogP contribution is 2.27. The molecule has 0 spiro atoms. The summed E-state index contributed by atoms with van der Waals surface area (Å²) < 4.78 is 17.9. The quantitative estimate of drug-likeness (QED) is 0.665. The van der Waals surface area contributed by atoms with Crippen molar-refractivity contribution in [2.24, 2.45) is 5.92 Å². The first-order valence-electron chi connectivity index (χ1n) is 6.62. The van der Waals surface area contributed by atoms with E-state index in [1.807, 2.05) is 0 Å². The van der Waals surface area contributed by atoms with Gasteiger partial charge in [-0.25, -0.2) is 0 Å². The van der Waals surface area contributed by atoms with E-state index >= 15 is 0 Å². The van der Waals surface area contributed by atoms with Crippen LogP contribution < -0.4 is 0 Å². The van der Waals surface area contributed by atoms with Gasteiger partial charge in [0.1, 0.15) is 0 Å². The molecule has 1 saturated heterocycles. The second-order valence-electron chi connectivity index (χ2n) is 4.61. The fourth-order valence-electron chi connectivity index (χ4n) is 2.52. The minimum atomic E-state index is -2.98. The largest absolute Gasteiger partial charge is 0.635 e. The summed E-state index contributed by atoms with van der Waals surface area (Å²) in [5.41, 5.74) is 0. The third kappa shape index (κ3) is 3.11. The minimum absolute atomic E-state index is 0.103. The Kier molecular flexibility index (Phi) is 6.27. The molecular weight excluding hydrogens is 250 g/mol. The predicted octanol–water partition coefficient (Wildman–Crippen LogP) is 1.79. The second kappa shape index (κ2) is 7.23. The van der Waals surface area contributed by atoms with E-state index in [1.54, 1.807) is 25.9 Å². The van der Waals surface area contributed by atoms with Gasteiger partial charge in [-0.3, -0.25) is 4.79 Å². The average Bonchev–Trinajstić information content (AvgIpc) is 2.41. The summed E-state index contributed by atoms with van der Waals surface area (Å²) in [6, 6.07) is 0. The number of unbranched alkanes of at least 4 members (excludes halogenated alkanes) is 1.